The second-order valence-electron chi connectivity index (χ2n) is 4.54. The van der Waals surface area contributed by atoms with Gasteiger partial charge in [-0.05, 0) is 49.1 Å². The molecule has 0 aliphatic rings. The molecule has 0 aliphatic carbocycles. The summed E-state index contributed by atoms with van der Waals surface area (Å²) in [4.78, 5) is 0. The van der Waals surface area contributed by atoms with Crippen LogP contribution in [0.1, 0.15) is 30.1 Å². The van der Waals surface area contributed by atoms with Crippen LogP contribution in [0.5, 0.6) is 0 Å². The molecule has 0 heterocycles. The first kappa shape index (κ1) is 17.3. The van der Waals surface area contributed by atoms with Crippen LogP contribution in [0.2, 0.25) is 0 Å². The molecule has 2 N–H and O–H groups in total. The Balaban J connectivity index is 2.41. The molecule has 2 nitrogen and oxygen atoms in total. The van der Waals surface area contributed by atoms with Gasteiger partial charge in [-0.3, -0.25) is 0 Å². The van der Waals surface area contributed by atoms with Crippen molar-refractivity contribution < 1.29 is 18.3 Å². The first-order chi connectivity index (χ1) is 9.45. The van der Waals surface area contributed by atoms with Crippen molar-refractivity contribution in [2.24, 2.45) is 0 Å². The third kappa shape index (κ3) is 6.15. The van der Waals surface area contributed by atoms with E-state index < -0.39 is 17.8 Å². The highest BCUT2D eigenvalue weighted by atomic mass is 32.2. The van der Waals surface area contributed by atoms with Crippen LogP contribution in [0.3, 0.4) is 0 Å². The van der Waals surface area contributed by atoms with Gasteiger partial charge in [-0.15, -0.1) is 0 Å². The molecule has 1 atom stereocenters. The fourth-order valence-electron chi connectivity index (χ4n) is 1.78. The van der Waals surface area contributed by atoms with Crippen molar-refractivity contribution in [2.45, 2.75) is 25.1 Å². The quantitative estimate of drug-likeness (QED) is 0.721. The lowest BCUT2D eigenvalue weighted by Crippen LogP contribution is -2.23. The Morgan fingerprint density at radius 2 is 2.05 bits per heavy atom. The lowest BCUT2D eigenvalue weighted by molar-refractivity contribution is -0.137. The van der Waals surface area contributed by atoms with Crippen LogP contribution in [-0.2, 0) is 6.18 Å². The van der Waals surface area contributed by atoms with Crippen LogP contribution in [0, 0.1) is 0 Å². The van der Waals surface area contributed by atoms with Crippen LogP contribution >= 0.6 is 11.8 Å². The van der Waals surface area contributed by atoms with Gasteiger partial charge in [0.2, 0.25) is 0 Å². The van der Waals surface area contributed by atoms with Crippen molar-refractivity contribution in [1.29, 1.82) is 0 Å². The fourth-order valence-corrected chi connectivity index (χ4v) is 2.27. The number of hydrogen-bond donors (Lipinski definition) is 2. The second kappa shape index (κ2) is 8.54. The smallest absolute Gasteiger partial charge is 0.387 e. The molecular formula is C14H20F3NOS. The zero-order chi connectivity index (χ0) is 15.0. The van der Waals surface area contributed by atoms with E-state index in [-0.39, 0.29) is 12.1 Å². The van der Waals surface area contributed by atoms with Crippen LogP contribution in [0.25, 0.3) is 0 Å². The SMILES string of the molecule is CSCCCCNCC(O)c1cccc(C(F)(F)F)c1. The van der Waals surface area contributed by atoms with Gasteiger partial charge in [-0.2, -0.15) is 24.9 Å². The lowest BCUT2D eigenvalue weighted by atomic mass is 10.1. The Bertz CT molecular complexity index is 398. The molecular weight excluding hydrogens is 287 g/mol. The van der Waals surface area contributed by atoms with Crippen molar-refractivity contribution >= 4 is 11.8 Å². The zero-order valence-electron chi connectivity index (χ0n) is 11.4. The third-order valence-corrected chi connectivity index (χ3v) is 3.59. The number of unbranched alkanes of at least 4 members (excludes halogenated alkanes) is 1. The van der Waals surface area contributed by atoms with E-state index in [2.05, 4.69) is 5.32 Å². The van der Waals surface area contributed by atoms with E-state index in [9.17, 15) is 18.3 Å². The maximum atomic E-state index is 12.6. The number of thioether (sulfide) groups is 1. The van der Waals surface area contributed by atoms with Gasteiger partial charge >= 0.3 is 6.18 Å². The van der Waals surface area contributed by atoms with Gasteiger partial charge in [-0.1, -0.05) is 12.1 Å². The zero-order valence-corrected chi connectivity index (χ0v) is 12.2. The number of aliphatic hydroxyl groups excluding tert-OH is 1. The number of aliphatic hydroxyl groups is 1. The van der Waals surface area contributed by atoms with Gasteiger partial charge in [0.15, 0.2) is 0 Å². The highest BCUT2D eigenvalue weighted by Gasteiger charge is 2.30. The molecule has 6 heteroatoms. The Hall–Kier alpha value is -0.720. The molecule has 0 spiro atoms. The van der Waals surface area contributed by atoms with Gasteiger partial charge in [-0.25, -0.2) is 0 Å². The highest BCUT2D eigenvalue weighted by molar-refractivity contribution is 7.98. The second-order valence-corrected chi connectivity index (χ2v) is 5.53. The molecule has 1 rings (SSSR count). The van der Waals surface area contributed by atoms with Gasteiger partial charge < -0.3 is 10.4 Å². The Morgan fingerprint density at radius 3 is 2.70 bits per heavy atom. The molecule has 0 saturated carbocycles. The summed E-state index contributed by atoms with van der Waals surface area (Å²) in [6, 6.07) is 4.83. The molecule has 0 saturated heterocycles. The fraction of sp³-hybridized carbons (Fsp3) is 0.571. The van der Waals surface area contributed by atoms with Crippen LogP contribution < -0.4 is 5.32 Å². The molecule has 20 heavy (non-hydrogen) atoms. The van der Waals surface area contributed by atoms with Gasteiger partial charge in [0.25, 0.3) is 0 Å². The predicted molar refractivity (Wildman–Crippen MR) is 76.9 cm³/mol. The molecule has 1 aromatic rings. The number of nitrogens with one attached hydrogen (secondary N) is 1. The van der Waals surface area contributed by atoms with Crippen molar-refractivity contribution in [2.75, 3.05) is 25.1 Å². The van der Waals surface area contributed by atoms with Gasteiger partial charge in [0.05, 0.1) is 11.7 Å². The average Bonchev–Trinajstić information content (AvgIpc) is 2.41. The van der Waals surface area contributed by atoms with E-state index in [4.69, 9.17) is 0 Å². The van der Waals surface area contributed by atoms with Crippen LogP contribution in [0.4, 0.5) is 13.2 Å². The van der Waals surface area contributed by atoms with Crippen molar-refractivity contribution in [3.8, 4) is 0 Å². The third-order valence-electron chi connectivity index (χ3n) is 2.89. The van der Waals surface area contributed by atoms with Gasteiger partial charge in [0, 0.05) is 6.54 Å². The number of halogens is 3. The predicted octanol–water partition coefficient (Wildman–Crippen LogP) is 3.47. The first-order valence-electron chi connectivity index (χ1n) is 6.50. The van der Waals surface area contributed by atoms with E-state index in [1.54, 1.807) is 11.8 Å². The molecule has 0 bridgehead atoms. The highest BCUT2D eigenvalue weighted by Crippen LogP contribution is 2.30. The standard InChI is InChI=1S/C14H20F3NOS/c1-20-8-3-2-7-18-10-13(19)11-5-4-6-12(9-11)14(15,16)17/h4-6,9,13,18-19H,2-3,7-8,10H2,1H3. The van der Waals surface area contributed by atoms with E-state index in [1.807, 2.05) is 6.26 Å². The minimum absolute atomic E-state index is 0.264. The van der Waals surface area contributed by atoms with Crippen molar-refractivity contribution in [3.05, 3.63) is 35.4 Å². The summed E-state index contributed by atoms with van der Waals surface area (Å²) in [6.45, 7) is 1.02. The molecule has 0 amide bonds. The number of benzene rings is 1. The molecule has 0 radical (unpaired) electrons. The summed E-state index contributed by atoms with van der Waals surface area (Å²) < 4.78 is 37.7. The Morgan fingerprint density at radius 1 is 1.30 bits per heavy atom. The molecule has 0 fully saturated rings. The van der Waals surface area contributed by atoms with E-state index >= 15 is 0 Å². The maximum absolute atomic E-state index is 12.6. The van der Waals surface area contributed by atoms with E-state index in [0.29, 0.717) is 0 Å². The Labute approximate surface area is 121 Å². The van der Waals surface area contributed by atoms with E-state index in [1.165, 1.54) is 12.1 Å². The Kier molecular flexibility index (Phi) is 7.40. The molecule has 114 valence electrons. The number of alkyl halides is 3. The van der Waals surface area contributed by atoms with E-state index in [0.717, 1.165) is 37.3 Å². The lowest BCUT2D eigenvalue weighted by Gasteiger charge is -2.14. The summed E-state index contributed by atoms with van der Waals surface area (Å²) in [5.74, 6) is 1.10. The van der Waals surface area contributed by atoms with Crippen molar-refractivity contribution in [3.63, 3.8) is 0 Å². The van der Waals surface area contributed by atoms with Crippen LogP contribution in [0.15, 0.2) is 24.3 Å². The van der Waals surface area contributed by atoms with Gasteiger partial charge in [0.1, 0.15) is 0 Å². The van der Waals surface area contributed by atoms with Crippen LogP contribution in [-0.4, -0.2) is 30.2 Å². The first-order valence-corrected chi connectivity index (χ1v) is 7.89. The average molecular weight is 307 g/mol. The minimum atomic E-state index is -4.37. The summed E-state index contributed by atoms with van der Waals surface area (Å²) in [7, 11) is 0. The minimum Gasteiger partial charge on any atom is -0.387 e. The maximum Gasteiger partial charge on any atom is 0.416 e. The number of rotatable bonds is 8. The summed E-state index contributed by atoms with van der Waals surface area (Å²) in [5, 5.41) is 12.9. The molecule has 0 aromatic heterocycles. The summed E-state index contributed by atoms with van der Waals surface area (Å²) in [6.07, 6.45) is -1.16. The molecule has 0 aliphatic heterocycles. The largest absolute Gasteiger partial charge is 0.416 e. The topological polar surface area (TPSA) is 32.3 Å². The van der Waals surface area contributed by atoms with Crippen molar-refractivity contribution in [1.82, 2.24) is 5.32 Å². The summed E-state index contributed by atoms with van der Waals surface area (Å²) in [5.41, 5.74) is -0.439. The summed E-state index contributed by atoms with van der Waals surface area (Å²) >= 11 is 1.78. The normalized spacial score (nSPS) is 13.4. The monoisotopic (exact) mass is 307 g/mol. The molecule has 1 unspecified atom stereocenters. The molecule has 1 aromatic carbocycles. The number of hydrogen-bond acceptors (Lipinski definition) is 3.